The van der Waals surface area contributed by atoms with Gasteiger partial charge in [0.1, 0.15) is 12.2 Å². The van der Waals surface area contributed by atoms with Crippen LogP contribution in [0, 0.1) is 5.92 Å². The second kappa shape index (κ2) is 11.2. The summed E-state index contributed by atoms with van der Waals surface area (Å²) in [6.45, 7) is 5.19. The van der Waals surface area contributed by atoms with E-state index in [0.717, 1.165) is 16.7 Å². The Morgan fingerprint density at radius 1 is 0.594 bits per heavy atom. The first-order valence-electron chi connectivity index (χ1n) is 11.0. The second-order valence-electron chi connectivity index (χ2n) is 8.09. The van der Waals surface area contributed by atoms with Crippen LogP contribution in [-0.2, 0) is 34.0 Å². The van der Waals surface area contributed by atoms with Crippen molar-refractivity contribution in [3.63, 3.8) is 0 Å². The van der Waals surface area contributed by atoms with Crippen molar-refractivity contribution >= 4 is 0 Å². The lowest BCUT2D eigenvalue weighted by molar-refractivity contribution is -0.134. The number of rotatable bonds is 10. The Balaban J connectivity index is 1.52. The molecule has 3 aromatic carbocycles. The maximum absolute atomic E-state index is 11.1. The summed E-state index contributed by atoms with van der Waals surface area (Å²) in [5, 5.41) is 11.1. The van der Waals surface area contributed by atoms with Gasteiger partial charge in [-0.05, 0) is 16.7 Å². The fraction of sp³-hybridized carbons (Fsp3) is 0.286. The van der Waals surface area contributed by atoms with Crippen molar-refractivity contribution in [2.45, 2.75) is 44.2 Å². The van der Waals surface area contributed by atoms with E-state index >= 15 is 0 Å². The Morgan fingerprint density at radius 3 is 1.38 bits per heavy atom. The van der Waals surface area contributed by atoms with Crippen molar-refractivity contribution < 1.29 is 19.3 Å². The lowest BCUT2D eigenvalue weighted by atomic mass is 10.0. The van der Waals surface area contributed by atoms with Crippen LogP contribution in [0.4, 0.5) is 0 Å². The molecule has 0 heterocycles. The van der Waals surface area contributed by atoms with Crippen LogP contribution in [0.3, 0.4) is 0 Å². The minimum Gasteiger partial charge on any atom is -0.390 e. The Bertz CT molecular complexity index is 945. The molecule has 0 unspecified atom stereocenters. The third-order valence-corrected chi connectivity index (χ3v) is 5.89. The van der Waals surface area contributed by atoms with E-state index in [9.17, 15) is 5.11 Å². The van der Waals surface area contributed by atoms with Gasteiger partial charge in [0.2, 0.25) is 0 Å². The van der Waals surface area contributed by atoms with Crippen LogP contribution < -0.4 is 0 Å². The van der Waals surface area contributed by atoms with Crippen molar-refractivity contribution in [1.82, 2.24) is 0 Å². The molecule has 5 atom stereocenters. The molecule has 0 spiro atoms. The monoisotopic (exact) mass is 430 g/mol. The first-order chi connectivity index (χ1) is 15.8. The molecule has 166 valence electrons. The fourth-order valence-corrected chi connectivity index (χ4v) is 4.18. The molecule has 4 rings (SSSR count). The van der Waals surface area contributed by atoms with Crippen LogP contribution in [0.5, 0.6) is 0 Å². The quantitative estimate of drug-likeness (QED) is 0.464. The first kappa shape index (κ1) is 22.4. The smallest absolute Gasteiger partial charge is 0.113 e. The van der Waals surface area contributed by atoms with E-state index in [0.29, 0.717) is 19.8 Å². The molecule has 0 aliphatic heterocycles. The van der Waals surface area contributed by atoms with E-state index in [4.69, 9.17) is 14.2 Å². The molecular weight excluding hydrogens is 400 g/mol. The van der Waals surface area contributed by atoms with Crippen LogP contribution in [0.15, 0.2) is 104 Å². The van der Waals surface area contributed by atoms with Gasteiger partial charge in [0, 0.05) is 5.92 Å². The molecule has 32 heavy (non-hydrogen) atoms. The van der Waals surface area contributed by atoms with E-state index in [1.807, 2.05) is 91.0 Å². The highest BCUT2D eigenvalue weighted by atomic mass is 16.6. The highest BCUT2D eigenvalue weighted by molar-refractivity contribution is 5.17. The van der Waals surface area contributed by atoms with E-state index in [-0.39, 0.29) is 12.0 Å². The third-order valence-electron chi connectivity index (χ3n) is 5.89. The van der Waals surface area contributed by atoms with E-state index in [1.54, 1.807) is 6.08 Å². The zero-order chi connectivity index (χ0) is 22.2. The molecule has 1 aliphatic rings. The SMILES string of the molecule is C=C[C@@H]1[C@@H](O)[C@H](OCc2ccccc2)[C@@H](OCc2ccccc2)[C@@H]1OCc1ccccc1. The summed E-state index contributed by atoms with van der Waals surface area (Å²) in [5.41, 5.74) is 3.18. The molecule has 0 aromatic heterocycles. The van der Waals surface area contributed by atoms with Crippen molar-refractivity contribution in [1.29, 1.82) is 0 Å². The lowest BCUT2D eigenvalue weighted by Gasteiger charge is -2.26. The van der Waals surface area contributed by atoms with Gasteiger partial charge in [-0.1, -0.05) is 97.1 Å². The third kappa shape index (κ3) is 5.53. The average molecular weight is 431 g/mol. The van der Waals surface area contributed by atoms with Crippen LogP contribution >= 0.6 is 0 Å². The summed E-state index contributed by atoms with van der Waals surface area (Å²) >= 11 is 0. The molecule has 0 radical (unpaired) electrons. The normalized spacial score (nSPS) is 25.0. The van der Waals surface area contributed by atoms with Gasteiger partial charge < -0.3 is 19.3 Å². The van der Waals surface area contributed by atoms with E-state index < -0.39 is 18.3 Å². The Hall–Kier alpha value is -2.76. The zero-order valence-corrected chi connectivity index (χ0v) is 18.1. The van der Waals surface area contributed by atoms with Crippen LogP contribution in [0.1, 0.15) is 16.7 Å². The number of hydrogen-bond donors (Lipinski definition) is 1. The van der Waals surface area contributed by atoms with E-state index in [2.05, 4.69) is 6.58 Å². The summed E-state index contributed by atoms with van der Waals surface area (Å²) < 4.78 is 18.9. The summed E-state index contributed by atoms with van der Waals surface area (Å²) in [5.74, 6) is -0.291. The maximum atomic E-state index is 11.1. The molecule has 0 saturated heterocycles. The molecule has 0 bridgehead atoms. The van der Waals surface area contributed by atoms with Gasteiger partial charge in [-0.15, -0.1) is 6.58 Å². The van der Waals surface area contributed by atoms with Crippen molar-refractivity contribution in [3.8, 4) is 0 Å². The van der Waals surface area contributed by atoms with Gasteiger partial charge >= 0.3 is 0 Å². The molecule has 1 aliphatic carbocycles. The van der Waals surface area contributed by atoms with Crippen molar-refractivity contribution in [2.24, 2.45) is 5.92 Å². The molecular formula is C28H30O4. The highest BCUT2D eigenvalue weighted by Crippen LogP contribution is 2.36. The second-order valence-corrected chi connectivity index (χ2v) is 8.09. The van der Waals surface area contributed by atoms with Gasteiger partial charge in [-0.2, -0.15) is 0 Å². The maximum Gasteiger partial charge on any atom is 0.113 e. The Morgan fingerprint density at radius 2 is 0.969 bits per heavy atom. The van der Waals surface area contributed by atoms with Crippen molar-refractivity contribution in [3.05, 3.63) is 120 Å². The number of hydrogen-bond acceptors (Lipinski definition) is 4. The molecule has 0 amide bonds. The predicted octanol–water partition coefficient (Wildman–Crippen LogP) is 4.92. The summed E-state index contributed by atoms with van der Waals surface area (Å²) in [4.78, 5) is 0. The van der Waals surface area contributed by atoms with Gasteiger partial charge in [-0.3, -0.25) is 0 Å². The fourth-order valence-electron chi connectivity index (χ4n) is 4.18. The highest BCUT2D eigenvalue weighted by Gasteiger charge is 2.51. The largest absolute Gasteiger partial charge is 0.390 e. The van der Waals surface area contributed by atoms with Gasteiger partial charge in [0.05, 0.1) is 32.0 Å². The Kier molecular flexibility index (Phi) is 7.86. The van der Waals surface area contributed by atoms with Crippen molar-refractivity contribution in [2.75, 3.05) is 0 Å². The molecule has 1 fully saturated rings. The summed E-state index contributed by atoms with van der Waals surface area (Å²) in [6.07, 6.45) is -0.335. The number of aliphatic hydroxyl groups excluding tert-OH is 1. The van der Waals surface area contributed by atoms with Gasteiger partial charge in [0.25, 0.3) is 0 Å². The molecule has 1 N–H and O–H groups in total. The topological polar surface area (TPSA) is 47.9 Å². The molecule has 4 heteroatoms. The van der Waals surface area contributed by atoms with Crippen LogP contribution in [-0.4, -0.2) is 29.5 Å². The number of benzene rings is 3. The number of aliphatic hydroxyl groups is 1. The Labute approximate surface area is 190 Å². The van der Waals surface area contributed by atoms with Crippen LogP contribution in [0.25, 0.3) is 0 Å². The number of ether oxygens (including phenoxy) is 3. The molecule has 3 aromatic rings. The minimum atomic E-state index is -0.766. The average Bonchev–Trinajstić information content (AvgIpc) is 3.11. The van der Waals surface area contributed by atoms with E-state index in [1.165, 1.54) is 0 Å². The van der Waals surface area contributed by atoms with Crippen LogP contribution in [0.2, 0.25) is 0 Å². The summed E-state index contributed by atoms with van der Waals surface area (Å²) in [6, 6.07) is 30.0. The minimum absolute atomic E-state index is 0.291. The van der Waals surface area contributed by atoms with Gasteiger partial charge in [-0.25, -0.2) is 0 Å². The predicted molar refractivity (Wildman–Crippen MR) is 125 cm³/mol. The van der Waals surface area contributed by atoms with Gasteiger partial charge in [0.15, 0.2) is 0 Å². The molecule has 1 saturated carbocycles. The standard InChI is InChI=1S/C28H30O4/c1-2-24-25(29)27(31-19-22-14-8-4-9-15-22)28(32-20-23-16-10-5-11-17-23)26(24)30-18-21-12-6-3-7-13-21/h2-17,24-29H,1,18-20H2/t24-,25-,26-,27+,28+/m1/s1. The molecule has 4 nitrogen and oxygen atoms in total. The first-order valence-corrected chi connectivity index (χ1v) is 11.0. The zero-order valence-electron chi connectivity index (χ0n) is 18.1. The lowest BCUT2D eigenvalue weighted by Crippen LogP contribution is -2.38. The summed E-state index contributed by atoms with van der Waals surface area (Å²) in [7, 11) is 0.